The second-order valence-electron chi connectivity index (χ2n) is 5.62. The molecule has 1 heterocycles. The first-order chi connectivity index (χ1) is 8.99. The number of nitrogens with two attached hydrogens (primary N) is 1. The minimum absolute atomic E-state index is 0.473. The normalized spacial score (nSPS) is 19.2. The third kappa shape index (κ3) is 3.25. The molecule has 1 saturated heterocycles. The maximum absolute atomic E-state index is 5.69. The number of hydrogen-bond donors (Lipinski definition) is 1. The number of nitrogens with zero attached hydrogens (tertiary/aromatic N) is 2. The number of hydrogen-bond acceptors (Lipinski definition) is 3. The van der Waals surface area contributed by atoms with Crippen LogP contribution in [0.3, 0.4) is 0 Å². The smallest absolute Gasteiger partial charge is 0.103 e. The number of benzene rings is 1. The number of rotatable bonds is 4. The molecule has 1 aliphatic heterocycles. The van der Waals surface area contributed by atoms with Crippen LogP contribution in [0.4, 0.5) is 5.69 Å². The molecule has 0 aliphatic carbocycles. The van der Waals surface area contributed by atoms with E-state index < -0.39 is 0 Å². The van der Waals surface area contributed by atoms with Gasteiger partial charge in [0.15, 0.2) is 0 Å². The van der Waals surface area contributed by atoms with Gasteiger partial charge >= 0.3 is 0 Å². The summed E-state index contributed by atoms with van der Waals surface area (Å²) in [5.41, 5.74) is 9.23. The molecule has 19 heavy (non-hydrogen) atoms. The van der Waals surface area contributed by atoms with E-state index in [0.29, 0.717) is 11.0 Å². The molecule has 1 aliphatic rings. The molecule has 0 saturated carbocycles. The Bertz CT molecular complexity index is 470. The van der Waals surface area contributed by atoms with E-state index in [2.05, 4.69) is 43.0 Å². The molecule has 1 fully saturated rings. The highest BCUT2D eigenvalue weighted by Crippen LogP contribution is 2.29. The minimum atomic E-state index is 0.473. The van der Waals surface area contributed by atoms with E-state index in [1.165, 1.54) is 24.1 Å². The molecule has 104 valence electrons. The fourth-order valence-electron chi connectivity index (χ4n) is 2.90. The van der Waals surface area contributed by atoms with Crippen LogP contribution in [-0.4, -0.2) is 43.1 Å². The summed E-state index contributed by atoms with van der Waals surface area (Å²) in [4.78, 5) is 5.27. The van der Waals surface area contributed by atoms with E-state index in [4.69, 9.17) is 18.0 Å². The lowest BCUT2D eigenvalue weighted by atomic mass is 10.1. The first kappa shape index (κ1) is 14.3. The van der Waals surface area contributed by atoms with Gasteiger partial charge in [0.25, 0.3) is 0 Å². The standard InChI is InChI=1S/C15H23N3S/c1-11-9-12(15(16)19)6-7-14(11)18-8-4-5-13(18)10-17(2)3/h6-7,9,13H,4-5,8,10H2,1-3H3,(H2,16,19). The molecule has 0 amide bonds. The quantitative estimate of drug-likeness (QED) is 0.855. The molecular formula is C15H23N3S. The molecule has 2 rings (SSSR count). The van der Waals surface area contributed by atoms with Gasteiger partial charge in [0.1, 0.15) is 4.99 Å². The van der Waals surface area contributed by atoms with Crippen molar-refractivity contribution in [1.82, 2.24) is 4.90 Å². The van der Waals surface area contributed by atoms with Crippen LogP contribution in [0.25, 0.3) is 0 Å². The van der Waals surface area contributed by atoms with Gasteiger partial charge in [-0.05, 0) is 57.6 Å². The zero-order valence-electron chi connectivity index (χ0n) is 12.0. The van der Waals surface area contributed by atoms with Gasteiger partial charge in [-0.2, -0.15) is 0 Å². The minimum Gasteiger partial charge on any atom is -0.389 e. The Morgan fingerprint density at radius 1 is 1.47 bits per heavy atom. The maximum atomic E-state index is 5.69. The van der Waals surface area contributed by atoms with Crippen molar-refractivity contribution in [2.75, 3.05) is 32.1 Å². The molecule has 1 aromatic rings. The van der Waals surface area contributed by atoms with Crippen molar-refractivity contribution in [3.63, 3.8) is 0 Å². The van der Waals surface area contributed by atoms with Crippen molar-refractivity contribution in [3.8, 4) is 0 Å². The summed E-state index contributed by atoms with van der Waals surface area (Å²) < 4.78 is 0. The highest BCUT2D eigenvalue weighted by molar-refractivity contribution is 7.80. The Labute approximate surface area is 121 Å². The summed E-state index contributed by atoms with van der Waals surface area (Å²) in [6, 6.07) is 6.92. The largest absolute Gasteiger partial charge is 0.389 e. The van der Waals surface area contributed by atoms with E-state index in [-0.39, 0.29) is 0 Å². The molecule has 4 heteroatoms. The van der Waals surface area contributed by atoms with Gasteiger partial charge in [0.2, 0.25) is 0 Å². The van der Waals surface area contributed by atoms with Crippen LogP contribution in [0.1, 0.15) is 24.0 Å². The number of likely N-dealkylation sites (N-methyl/N-ethyl adjacent to an activating group) is 1. The van der Waals surface area contributed by atoms with E-state index in [9.17, 15) is 0 Å². The molecule has 1 aromatic carbocycles. The van der Waals surface area contributed by atoms with Crippen LogP contribution in [-0.2, 0) is 0 Å². The fourth-order valence-corrected chi connectivity index (χ4v) is 3.02. The van der Waals surface area contributed by atoms with Gasteiger partial charge in [-0.3, -0.25) is 0 Å². The molecule has 0 radical (unpaired) electrons. The predicted molar refractivity (Wildman–Crippen MR) is 86.0 cm³/mol. The van der Waals surface area contributed by atoms with Crippen LogP contribution in [0.15, 0.2) is 18.2 Å². The van der Waals surface area contributed by atoms with Gasteiger partial charge in [0, 0.05) is 30.4 Å². The molecule has 1 atom stereocenters. The Morgan fingerprint density at radius 3 is 2.79 bits per heavy atom. The van der Waals surface area contributed by atoms with Crippen molar-refractivity contribution >= 4 is 22.9 Å². The molecule has 0 bridgehead atoms. The van der Waals surface area contributed by atoms with Crippen LogP contribution >= 0.6 is 12.2 Å². The molecule has 2 N–H and O–H groups in total. The summed E-state index contributed by atoms with van der Waals surface area (Å²) in [6.07, 6.45) is 2.55. The third-order valence-corrected chi connectivity index (χ3v) is 3.98. The first-order valence-electron chi connectivity index (χ1n) is 6.81. The maximum Gasteiger partial charge on any atom is 0.103 e. The van der Waals surface area contributed by atoms with Crippen molar-refractivity contribution < 1.29 is 0 Å². The van der Waals surface area contributed by atoms with E-state index in [1.54, 1.807) is 0 Å². The predicted octanol–water partition coefficient (Wildman–Crippen LogP) is 2.16. The van der Waals surface area contributed by atoms with Crippen LogP contribution < -0.4 is 10.6 Å². The first-order valence-corrected chi connectivity index (χ1v) is 7.21. The summed E-state index contributed by atoms with van der Waals surface area (Å²) in [5, 5.41) is 0. The average Bonchev–Trinajstić information content (AvgIpc) is 2.75. The second kappa shape index (κ2) is 5.88. The Balaban J connectivity index is 2.23. The molecule has 0 aromatic heterocycles. The van der Waals surface area contributed by atoms with Crippen molar-refractivity contribution in [2.24, 2.45) is 5.73 Å². The number of anilines is 1. The van der Waals surface area contributed by atoms with Gasteiger partial charge in [0.05, 0.1) is 0 Å². The van der Waals surface area contributed by atoms with Crippen LogP contribution in [0.2, 0.25) is 0 Å². The van der Waals surface area contributed by atoms with Crippen molar-refractivity contribution in [3.05, 3.63) is 29.3 Å². The zero-order valence-corrected chi connectivity index (χ0v) is 12.8. The van der Waals surface area contributed by atoms with Gasteiger partial charge in [-0.25, -0.2) is 0 Å². The highest BCUT2D eigenvalue weighted by atomic mass is 32.1. The topological polar surface area (TPSA) is 32.5 Å². The van der Waals surface area contributed by atoms with Crippen molar-refractivity contribution in [2.45, 2.75) is 25.8 Å². The fraction of sp³-hybridized carbons (Fsp3) is 0.533. The van der Waals surface area contributed by atoms with E-state index in [1.807, 2.05) is 6.07 Å². The Kier molecular flexibility index (Phi) is 4.42. The summed E-state index contributed by atoms with van der Waals surface area (Å²) in [6.45, 7) is 4.39. The highest BCUT2D eigenvalue weighted by Gasteiger charge is 2.26. The van der Waals surface area contributed by atoms with Crippen LogP contribution in [0.5, 0.6) is 0 Å². The van der Waals surface area contributed by atoms with Crippen molar-refractivity contribution in [1.29, 1.82) is 0 Å². The SMILES string of the molecule is Cc1cc(C(N)=S)ccc1N1CCCC1CN(C)C. The summed E-state index contributed by atoms with van der Waals surface area (Å²) >= 11 is 5.04. The third-order valence-electron chi connectivity index (χ3n) is 3.74. The summed E-state index contributed by atoms with van der Waals surface area (Å²) in [5.74, 6) is 0. The molecule has 1 unspecified atom stereocenters. The number of thiocarbonyl (C=S) groups is 1. The monoisotopic (exact) mass is 277 g/mol. The lowest BCUT2D eigenvalue weighted by Gasteiger charge is -2.30. The second-order valence-corrected chi connectivity index (χ2v) is 6.06. The zero-order chi connectivity index (χ0) is 14.0. The molecular weight excluding hydrogens is 254 g/mol. The van der Waals surface area contributed by atoms with Gasteiger partial charge in [-0.15, -0.1) is 0 Å². The Morgan fingerprint density at radius 2 is 2.21 bits per heavy atom. The average molecular weight is 277 g/mol. The molecule has 3 nitrogen and oxygen atoms in total. The van der Waals surface area contributed by atoms with Gasteiger partial charge in [-0.1, -0.05) is 12.2 Å². The van der Waals surface area contributed by atoms with Gasteiger partial charge < -0.3 is 15.5 Å². The number of aryl methyl sites for hydroxylation is 1. The Hall–Kier alpha value is -1.13. The van der Waals surface area contributed by atoms with Crippen LogP contribution in [0, 0.1) is 6.92 Å². The molecule has 0 spiro atoms. The summed E-state index contributed by atoms with van der Waals surface area (Å²) in [7, 11) is 4.28. The lowest BCUT2D eigenvalue weighted by Crippen LogP contribution is -2.37. The van der Waals surface area contributed by atoms with E-state index in [0.717, 1.165) is 18.7 Å². The van der Waals surface area contributed by atoms with E-state index >= 15 is 0 Å². The lowest BCUT2D eigenvalue weighted by molar-refractivity contribution is 0.372.